The summed E-state index contributed by atoms with van der Waals surface area (Å²) in [4.78, 5) is 12.1. The van der Waals surface area contributed by atoms with E-state index in [2.05, 4.69) is 51.3 Å². The van der Waals surface area contributed by atoms with Gasteiger partial charge in [0.05, 0.1) is 5.71 Å². The molecule has 23 heavy (non-hydrogen) atoms. The highest BCUT2D eigenvalue weighted by Crippen LogP contribution is 2.19. The molecular weight excluding hydrogens is 399 g/mol. The number of hydrogen-bond acceptors (Lipinski definition) is 2. The molecule has 0 radical (unpaired) electrons. The summed E-state index contributed by atoms with van der Waals surface area (Å²) < 4.78 is 1.09. The maximum atomic E-state index is 12.1. The van der Waals surface area contributed by atoms with E-state index in [0.29, 0.717) is 5.56 Å². The van der Waals surface area contributed by atoms with Gasteiger partial charge in [-0.2, -0.15) is 5.10 Å². The fourth-order valence-corrected chi connectivity index (χ4v) is 2.76. The maximum absolute atomic E-state index is 12.1. The Labute approximate surface area is 148 Å². The summed E-state index contributed by atoms with van der Waals surface area (Å²) >= 11 is 2.21. The molecule has 0 unspecified atom stereocenters. The lowest BCUT2D eigenvalue weighted by atomic mass is 10.0. The SMILES string of the molecule is C/C(=N/NC(=O)c1ccc(I)cc1)c1cccc2ccccc12. The van der Waals surface area contributed by atoms with Gasteiger partial charge >= 0.3 is 0 Å². The van der Waals surface area contributed by atoms with E-state index in [1.807, 2.05) is 43.3 Å². The van der Waals surface area contributed by atoms with Gasteiger partial charge in [0.25, 0.3) is 5.91 Å². The van der Waals surface area contributed by atoms with Gasteiger partial charge in [-0.3, -0.25) is 4.79 Å². The molecule has 0 fully saturated rings. The highest BCUT2D eigenvalue weighted by atomic mass is 127. The second-order valence-corrected chi connectivity index (χ2v) is 6.42. The molecule has 0 aliphatic heterocycles. The molecule has 3 rings (SSSR count). The minimum atomic E-state index is -0.207. The zero-order valence-corrected chi connectivity index (χ0v) is 14.7. The second-order valence-electron chi connectivity index (χ2n) is 5.17. The first kappa shape index (κ1) is 15.7. The summed E-state index contributed by atoms with van der Waals surface area (Å²) in [6.45, 7) is 1.90. The summed E-state index contributed by atoms with van der Waals surface area (Å²) in [6, 6.07) is 21.6. The van der Waals surface area contributed by atoms with Crippen LogP contribution < -0.4 is 5.43 Å². The van der Waals surface area contributed by atoms with Crippen molar-refractivity contribution in [2.45, 2.75) is 6.92 Å². The van der Waals surface area contributed by atoms with Crippen molar-refractivity contribution in [3.05, 3.63) is 81.4 Å². The Morgan fingerprint density at radius 3 is 2.43 bits per heavy atom. The fourth-order valence-electron chi connectivity index (χ4n) is 2.40. The van der Waals surface area contributed by atoms with Crippen molar-refractivity contribution in [1.82, 2.24) is 5.43 Å². The van der Waals surface area contributed by atoms with Crippen LogP contribution in [0, 0.1) is 3.57 Å². The third kappa shape index (κ3) is 3.59. The van der Waals surface area contributed by atoms with Gasteiger partial charge in [-0.15, -0.1) is 0 Å². The number of hydrazone groups is 1. The Hall–Kier alpha value is -2.21. The summed E-state index contributed by atoms with van der Waals surface area (Å²) in [5.74, 6) is -0.207. The van der Waals surface area contributed by atoms with Crippen molar-refractivity contribution in [1.29, 1.82) is 0 Å². The molecular formula is C19H15IN2O. The van der Waals surface area contributed by atoms with Crippen molar-refractivity contribution < 1.29 is 4.79 Å². The molecule has 0 atom stereocenters. The molecule has 114 valence electrons. The molecule has 0 aliphatic rings. The van der Waals surface area contributed by atoms with E-state index in [0.717, 1.165) is 25.6 Å². The lowest BCUT2D eigenvalue weighted by molar-refractivity contribution is 0.0955. The molecule has 1 N–H and O–H groups in total. The number of hydrogen-bond donors (Lipinski definition) is 1. The number of amides is 1. The van der Waals surface area contributed by atoms with Crippen LogP contribution in [-0.4, -0.2) is 11.6 Å². The van der Waals surface area contributed by atoms with E-state index >= 15 is 0 Å². The Balaban J connectivity index is 1.84. The molecule has 0 aliphatic carbocycles. The van der Waals surface area contributed by atoms with Crippen LogP contribution in [0.4, 0.5) is 0 Å². The Morgan fingerprint density at radius 2 is 1.65 bits per heavy atom. The first-order valence-electron chi connectivity index (χ1n) is 7.23. The van der Waals surface area contributed by atoms with E-state index in [-0.39, 0.29) is 5.91 Å². The number of benzene rings is 3. The summed E-state index contributed by atoms with van der Waals surface area (Å²) in [5, 5.41) is 6.54. The first-order valence-corrected chi connectivity index (χ1v) is 8.31. The average molecular weight is 414 g/mol. The standard InChI is InChI=1S/C19H15IN2O/c1-13(17-8-4-6-14-5-2-3-7-18(14)17)21-22-19(23)15-9-11-16(20)12-10-15/h2-12H,1H3,(H,22,23)/b21-13-. The Kier molecular flexibility index (Phi) is 4.71. The number of halogens is 1. The van der Waals surface area contributed by atoms with Crippen LogP contribution in [0.5, 0.6) is 0 Å². The van der Waals surface area contributed by atoms with Crippen molar-refractivity contribution in [2.75, 3.05) is 0 Å². The zero-order valence-electron chi connectivity index (χ0n) is 12.6. The quantitative estimate of drug-likeness (QED) is 0.380. The molecule has 0 bridgehead atoms. The van der Waals surface area contributed by atoms with Gasteiger partial charge in [0.2, 0.25) is 0 Å². The van der Waals surface area contributed by atoms with Crippen molar-refractivity contribution in [3.63, 3.8) is 0 Å². The molecule has 0 heterocycles. The summed E-state index contributed by atoms with van der Waals surface area (Å²) in [7, 11) is 0. The molecule has 3 aromatic carbocycles. The fraction of sp³-hybridized carbons (Fsp3) is 0.0526. The monoisotopic (exact) mass is 414 g/mol. The molecule has 3 nitrogen and oxygen atoms in total. The van der Waals surface area contributed by atoms with Crippen LogP contribution >= 0.6 is 22.6 Å². The van der Waals surface area contributed by atoms with Crippen LogP contribution in [0.1, 0.15) is 22.8 Å². The molecule has 0 saturated carbocycles. The minimum Gasteiger partial charge on any atom is -0.267 e. The third-order valence-corrected chi connectivity index (χ3v) is 4.33. The van der Waals surface area contributed by atoms with Crippen LogP contribution in [0.3, 0.4) is 0 Å². The van der Waals surface area contributed by atoms with E-state index in [4.69, 9.17) is 0 Å². The van der Waals surface area contributed by atoms with Crippen LogP contribution in [-0.2, 0) is 0 Å². The number of nitrogens with one attached hydrogen (secondary N) is 1. The smallest absolute Gasteiger partial charge is 0.267 e. The number of fused-ring (bicyclic) bond motifs is 1. The summed E-state index contributed by atoms with van der Waals surface area (Å²) in [6.07, 6.45) is 0. The number of rotatable bonds is 3. The minimum absolute atomic E-state index is 0.207. The summed E-state index contributed by atoms with van der Waals surface area (Å²) in [5.41, 5.74) is 5.02. The normalized spacial score (nSPS) is 11.5. The van der Waals surface area contributed by atoms with Gasteiger partial charge in [0, 0.05) is 14.7 Å². The van der Waals surface area contributed by atoms with Crippen molar-refractivity contribution >= 4 is 45.0 Å². The predicted octanol–water partition coefficient (Wildman–Crippen LogP) is 4.60. The lowest BCUT2D eigenvalue weighted by Gasteiger charge is -2.07. The molecule has 0 aromatic heterocycles. The first-order chi connectivity index (χ1) is 11.1. The zero-order chi connectivity index (χ0) is 16.2. The predicted molar refractivity (Wildman–Crippen MR) is 103 cm³/mol. The lowest BCUT2D eigenvalue weighted by Crippen LogP contribution is -2.19. The molecule has 0 spiro atoms. The highest BCUT2D eigenvalue weighted by molar-refractivity contribution is 14.1. The Bertz CT molecular complexity index is 880. The van der Waals surface area contributed by atoms with E-state index < -0.39 is 0 Å². The topological polar surface area (TPSA) is 41.5 Å². The van der Waals surface area contributed by atoms with E-state index in [9.17, 15) is 4.79 Å². The van der Waals surface area contributed by atoms with Crippen molar-refractivity contribution in [2.24, 2.45) is 5.10 Å². The van der Waals surface area contributed by atoms with Gasteiger partial charge in [0.1, 0.15) is 0 Å². The second kappa shape index (κ2) is 6.91. The molecule has 3 aromatic rings. The average Bonchev–Trinajstić information content (AvgIpc) is 2.59. The van der Waals surface area contributed by atoms with Gasteiger partial charge in [-0.1, -0.05) is 42.5 Å². The largest absolute Gasteiger partial charge is 0.271 e. The molecule has 1 amide bonds. The molecule has 0 saturated heterocycles. The highest BCUT2D eigenvalue weighted by Gasteiger charge is 2.06. The van der Waals surface area contributed by atoms with Crippen molar-refractivity contribution in [3.8, 4) is 0 Å². The van der Waals surface area contributed by atoms with Crippen LogP contribution in [0.15, 0.2) is 71.8 Å². The van der Waals surface area contributed by atoms with E-state index in [1.54, 1.807) is 12.1 Å². The number of carbonyl (C=O) groups excluding carboxylic acids is 1. The van der Waals surface area contributed by atoms with Gasteiger partial charge in [0.15, 0.2) is 0 Å². The number of nitrogens with zero attached hydrogens (tertiary/aromatic N) is 1. The van der Waals surface area contributed by atoms with Crippen LogP contribution in [0.25, 0.3) is 10.8 Å². The maximum Gasteiger partial charge on any atom is 0.271 e. The van der Waals surface area contributed by atoms with Gasteiger partial charge in [-0.25, -0.2) is 5.43 Å². The van der Waals surface area contributed by atoms with Gasteiger partial charge in [-0.05, 0) is 64.6 Å². The Morgan fingerprint density at radius 1 is 0.957 bits per heavy atom. The van der Waals surface area contributed by atoms with E-state index in [1.165, 1.54) is 0 Å². The third-order valence-electron chi connectivity index (χ3n) is 3.61. The number of carbonyl (C=O) groups is 1. The molecule has 4 heteroatoms. The van der Waals surface area contributed by atoms with Crippen LogP contribution in [0.2, 0.25) is 0 Å². The van der Waals surface area contributed by atoms with Gasteiger partial charge < -0.3 is 0 Å².